The standard InChI is InChI=1S/C13H18ClN5O/c1-8-10(4-5-20-8)18(2)7-11-16-12(14)9-6-15-19(3)13(9)17-11/h6,8,10H,4-5,7H2,1-3H3. The van der Waals surface area contributed by atoms with Gasteiger partial charge in [0.1, 0.15) is 11.0 Å². The molecular formula is C13H18ClN5O. The third-order valence-electron chi connectivity index (χ3n) is 3.89. The summed E-state index contributed by atoms with van der Waals surface area (Å²) in [5.41, 5.74) is 0.768. The lowest BCUT2D eigenvalue weighted by atomic mass is 10.1. The zero-order valence-electron chi connectivity index (χ0n) is 11.9. The molecule has 2 atom stereocenters. The summed E-state index contributed by atoms with van der Waals surface area (Å²) in [4.78, 5) is 11.2. The van der Waals surface area contributed by atoms with Gasteiger partial charge in [-0.1, -0.05) is 11.6 Å². The van der Waals surface area contributed by atoms with Crippen LogP contribution in [0.1, 0.15) is 19.2 Å². The molecule has 0 N–H and O–H groups in total. The molecule has 108 valence electrons. The Hall–Kier alpha value is -1.24. The molecule has 6 nitrogen and oxygen atoms in total. The molecule has 0 radical (unpaired) electrons. The predicted molar refractivity (Wildman–Crippen MR) is 76.6 cm³/mol. The summed E-state index contributed by atoms with van der Waals surface area (Å²) in [5.74, 6) is 0.715. The van der Waals surface area contributed by atoms with Gasteiger partial charge in [-0.15, -0.1) is 0 Å². The fourth-order valence-electron chi connectivity index (χ4n) is 2.74. The van der Waals surface area contributed by atoms with Crippen LogP contribution in [0.4, 0.5) is 0 Å². The van der Waals surface area contributed by atoms with Crippen LogP contribution in [-0.2, 0) is 18.3 Å². The molecule has 0 aliphatic carbocycles. The summed E-state index contributed by atoms with van der Waals surface area (Å²) in [6.45, 7) is 3.57. The smallest absolute Gasteiger partial charge is 0.162 e. The Morgan fingerprint density at radius 1 is 1.50 bits per heavy atom. The van der Waals surface area contributed by atoms with Gasteiger partial charge in [0, 0.05) is 19.7 Å². The molecule has 1 aliphatic rings. The van der Waals surface area contributed by atoms with Crippen LogP contribution in [-0.4, -0.2) is 50.4 Å². The minimum atomic E-state index is 0.246. The minimum Gasteiger partial charge on any atom is -0.377 e. The third-order valence-corrected chi connectivity index (χ3v) is 4.17. The van der Waals surface area contributed by atoms with E-state index in [9.17, 15) is 0 Å². The van der Waals surface area contributed by atoms with E-state index in [1.165, 1.54) is 0 Å². The molecule has 0 spiro atoms. The Morgan fingerprint density at radius 2 is 2.30 bits per heavy atom. The lowest BCUT2D eigenvalue weighted by Crippen LogP contribution is -2.36. The first-order valence-corrected chi connectivity index (χ1v) is 7.10. The third kappa shape index (κ3) is 2.39. The first kappa shape index (κ1) is 13.7. The van der Waals surface area contributed by atoms with Crippen LogP contribution in [0.25, 0.3) is 11.0 Å². The van der Waals surface area contributed by atoms with Crippen molar-refractivity contribution < 1.29 is 4.74 Å². The molecule has 1 fully saturated rings. The highest BCUT2D eigenvalue weighted by Gasteiger charge is 2.28. The lowest BCUT2D eigenvalue weighted by Gasteiger charge is -2.25. The molecule has 1 saturated heterocycles. The molecule has 7 heteroatoms. The molecule has 3 heterocycles. The quantitative estimate of drug-likeness (QED) is 0.806. The predicted octanol–water partition coefficient (Wildman–Crippen LogP) is 1.63. The van der Waals surface area contributed by atoms with Gasteiger partial charge >= 0.3 is 0 Å². The van der Waals surface area contributed by atoms with Crippen LogP contribution in [0, 0.1) is 0 Å². The highest BCUT2D eigenvalue weighted by molar-refractivity contribution is 6.33. The second-order valence-corrected chi connectivity index (χ2v) is 5.64. The van der Waals surface area contributed by atoms with Crippen LogP contribution in [0.3, 0.4) is 0 Å². The van der Waals surface area contributed by atoms with Crippen LogP contribution < -0.4 is 0 Å². The van der Waals surface area contributed by atoms with Gasteiger partial charge in [0.2, 0.25) is 0 Å². The Bertz CT molecular complexity index is 628. The first-order valence-electron chi connectivity index (χ1n) is 6.72. The maximum absolute atomic E-state index is 6.20. The largest absolute Gasteiger partial charge is 0.377 e. The van der Waals surface area contributed by atoms with E-state index in [1.807, 2.05) is 7.05 Å². The number of aromatic nitrogens is 4. The molecule has 20 heavy (non-hydrogen) atoms. The maximum atomic E-state index is 6.20. The van der Waals surface area contributed by atoms with Crippen molar-refractivity contribution in [1.82, 2.24) is 24.6 Å². The zero-order valence-corrected chi connectivity index (χ0v) is 12.6. The average Bonchev–Trinajstić information content (AvgIpc) is 2.97. The maximum Gasteiger partial charge on any atom is 0.162 e. The topological polar surface area (TPSA) is 56.1 Å². The minimum absolute atomic E-state index is 0.246. The van der Waals surface area contributed by atoms with Crippen molar-refractivity contribution >= 4 is 22.6 Å². The molecule has 3 rings (SSSR count). The number of nitrogens with zero attached hydrogens (tertiary/aromatic N) is 5. The van der Waals surface area contributed by atoms with Crippen molar-refractivity contribution in [2.45, 2.75) is 32.0 Å². The summed E-state index contributed by atoms with van der Waals surface area (Å²) in [5, 5.41) is 5.41. The number of likely N-dealkylation sites (N-methyl/N-ethyl adjacent to an activating group) is 1. The van der Waals surface area contributed by atoms with E-state index in [-0.39, 0.29) is 6.10 Å². The van der Waals surface area contributed by atoms with Crippen LogP contribution in [0.2, 0.25) is 5.15 Å². The van der Waals surface area contributed by atoms with Crippen LogP contribution in [0.15, 0.2) is 6.20 Å². The van der Waals surface area contributed by atoms with Gasteiger partial charge in [0.15, 0.2) is 5.65 Å². The van der Waals surface area contributed by atoms with Crippen LogP contribution in [0.5, 0.6) is 0 Å². The average molecular weight is 296 g/mol. The van der Waals surface area contributed by atoms with E-state index in [4.69, 9.17) is 16.3 Å². The SMILES string of the molecule is CC1OCCC1N(C)Cc1nc(Cl)c2cnn(C)c2n1. The number of ether oxygens (including phenoxy) is 1. The summed E-state index contributed by atoms with van der Waals surface area (Å²) in [7, 11) is 3.92. The second-order valence-electron chi connectivity index (χ2n) is 5.28. The molecule has 2 aromatic heterocycles. The summed E-state index contributed by atoms with van der Waals surface area (Å²) in [6.07, 6.45) is 2.98. The Balaban J connectivity index is 1.85. The van der Waals surface area contributed by atoms with Crippen LogP contribution >= 0.6 is 11.6 Å². The lowest BCUT2D eigenvalue weighted by molar-refractivity contribution is 0.0806. The highest BCUT2D eigenvalue weighted by atomic mass is 35.5. The van der Waals surface area contributed by atoms with Crippen molar-refractivity contribution in [2.75, 3.05) is 13.7 Å². The number of aryl methyl sites for hydroxylation is 1. The first-order chi connectivity index (χ1) is 9.56. The molecule has 0 amide bonds. The zero-order chi connectivity index (χ0) is 14.3. The molecule has 0 aromatic carbocycles. The Labute approximate surface area is 122 Å². The fraction of sp³-hybridized carbons (Fsp3) is 0.615. The number of hydrogen-bond acceptors (Lipinski definition) is 5. The van der Waals surface area contributed by atoms with Gasteiger partial charge < -0.3 is 4.74 Å². The van der Waals surface area contributed by atoms with E-state index in [2.05, 4.69) is 33.9 Å². The van der Waals surface area contributed by atoms with Gasteiger partial charge in [-0.05, 0) is 20.4 Å². The normalized spacial score (nSPS) is 23.1. The monoisotopic (exact) mass is 295 g/mol. The molecular weight excluding hydrogens is 278 g/mol. The van der Waals surface area contributed by atoms with Crippen molar-refractivity contribution in [3.63, 3.8) is 0 Å². The van der Waals surface area contributed by atoms with E-state index in [1.54, 1.807) is 10.9 Å². The molecule has 2 unspecified atom stereocenters. The molecule has 0 bridgehead atoms. The van der Waals surface area contributed by atoms with Crippen molar-refractivity contribution in [3.8, 4) is 0 Å². The van der Waals surface area contributed by atoms with Crippen molar-refractivity contribution in [2.24, 2.45) is 7.05 Å². The summed E-state index contributed by atoms with van der Waals surface area (Å²) < 4.78 is 7.32. The van der Waals surface area contributed by atoms with E-state index in [0.717, 1.165) is 24.1 Å². The summed E-state index contributed by atoms with van der Waals surface area (Å²) in [6, 6.07) is 0.402. The van der Waals surface area contributed by atoms with Crippen molar-refractivity contribution in [3.05, 3.63) is 17.2 Å². The fourth-order valence-corrected chi connectivity index (χ4v) is 2.97. The number of fused-ring (bicyclic) bond motifs is 1. The Kier molecular flexibility index (Phi) is 3.62. The highest BCUT2D eigenvalue weighted by Crippen LogP contribution is 2.22. The van der Waals surface area contributed by atoms with Gasteiger partial charge in [-0.25, -0.2) is 9.97 Å². The summed E-state index contributed by atoms with van der Waals surface area (Å²) >= 11 is 6.20. The Morgan fingerprint density at radius 3 is 3.00 bits per heavy atom. The van der Waals surface area contributed by atoms with Gasteiger partial charge in [0.25, 0.3) is 0 Å². The number of hydrogen-bond donors (Lipinski definition) is 0. The van der Waals surface area contributed by atoms with E-state index < -0.39 is 0 Å². The van der Waals surface area contributed by atoms with E-state index >= 15 is 0 Å². The molecule has 2 aromatic rings. The number of rotatable bonds is 3. The van der Waals surface area contributed by atoms with Gasteiger partial charge in [0.05, 0.1) is 24.2 Å². The molecule has 0 saturated carbocycles. The van der Waals surface area contributed by atoms with E-state index in [0.29, 0.717) is 23.6 Å². The van der Waals surface area contributed by atoms with Gasteiger partial charge in [-0.2, -0.15) is 5.10 Å². The second kappa shape index (κ2) is 5.27. The molecule has 1 aliphatic heterocycles. The number of halogens is 1. The van der Waals surface area contributed by atoms with Crippen molar-refractivity contribution in [1.29, 1.82) is 0 Å². The van der Waals surface area contributed by atoms with Gasteiger partial charge in [-0.3, -0.25) is 9.58 Å².